The third-order valence-corrected chi connectivity index (χ3v) is 5.76. The first kappa shape index (κ1) is 24.3. The topological polar surface area (TPSA) is 106 Å². The molecule has 1 fully saturated rings. The summed E-state index contributed by atoms with van der Waals surface area (Å²) >= 11 is 3.28. The van der Waals surface area contributed by atoms with Gasteiger partial charge < -0.3 is 29.3 Å². The Morgan fingerprint density at radius 1 is 1.21 bits per heavy atom. The number of methoxy groups -OCH3 is 2. The molecule has 3 rings (SSSR count). The Hall–Kier alpha value is -3.30. The van der Waals surface area contributed by atoms with E-state index in [1.54, 1.807) is 36.4 Å². The lowest BCUT2D eigenvalue weighted by Gasteiger charge is -2.25. The molecule has 9 heteroatoms. The van der Waals surface area contributed by atoms with Crippen LogP contribution in [0.1, 0.15) is 17.2 Å². The van der Waals surface area contributed by atoms with Gasteiger partial charge in [-0.05, 0) is 57.9 Å². The molecule has 2 N–H and O–H groups in total. The van der Waals surface area contributed by atoms with Gasteiger partial charge in [0.2, 0.25) is 0 Å². The zero-order valence-electron chi connectivity index (χ0n) is 18.2. The summed E-state index contributed by atoms with van der Waals surface area (Å²) in [7, 11) is 2.88. The van der Waals surface area contributed by atoms with Gasteiger partial charge in [-0.25, -0.2) is 0 Å². The number of Topliss-reactive ketones (excluding diaryl/α,β-unsaturated/α-hetero) is 1. The third kappa shape index (κ3) is 4.89. The van der Waals surface area contributed by atoms with Crippen LogP contribution >= 0.6 is 15.9 Å². The highest BCUT2D eigenvalue weighted by Gasteiger charge is 2.46. The smallest absolute Gasteiger partial charge is 0.295 e. The van der Waals surface area contributed by atoms with E-state index in [1.165, 1.54) is 25.2 Å². The predicted molar refractivity (Wildman–Crippen MR) is 125 cm³/mol. The van der Waals surface area contributed by atoms with E-state index in [0.29, 0.717) is 28.0 Å². The number of carbonyl (C=O) groups is 2. The predicted octanol–water partition coefficient (Wildman–Crippen LogP) is 3.80. The molecular formula is C24H24BrNO7. The number of ketones is 1. The molecule has 0 saturated carbocycles. The maximum atomic E-state index is 13.0. The van der Waals surface area contributed by atoms with Crippen molar-refractivity contribution in [3.05, 3.63) is 70.2 Å². The van der Waals surface area contributed by atoms with E-state index in [4.69, 9.17) is 14.2 Å². The van der Waals surface area contributed by atoms with Crippen LogP contribution in [-0.4, -0.2) is 60.8 Å². The fourth-order valence-electron chi connectivity index (χ4n) is 3.57. The van der Waals surface area contributed by atoms with Gasteiger partial charge >= 0.3 is 0 Å². The number of phenolic OH excluding ortho intramolecular Hbond substituents is 1. The van der Waals surface area contributed by atoms with Gasteiger partial charge in [0.05, 0.1) is 29.8 Å². The van der Waals surface area contributed by atoms with E-state index < -0.39 is 17.7 Å². The van der Waals surface area contributed by atoms with Gasteiger partial charge in [-0.3, -0.25) is 9.59 Å². The van der Waals surface area contributed by atoms with E-state index >= 15 is 0 Å². The van der Waals surface area contributed by atoms with Crippen molar-refractivity contribution in [1.82, 2.24) is 4.90 Å². The standard InChI is InChI=1S/C24H24BrNO7/c1-4-10-33-16-7-5-14(6-8-16)21(27)19-20(26(9-11-31-2)24(30)23(19)29)15-12-17(25)22(28)18(13-15)32-3/h4-8,12-13,20,27-28H,1,9-11H2,2-3H3/b21-19-. The van der Waals surface area contributed by atoms with Gasteiger partial charge in [-0.15, -0.1) is 0 Å². The molecule has 2 aromatic carbocycles. The first-order valence-corrected chi connectivity index (χ1v) is 10.8. The van der Waals surface area contributed by atoms with Gasteiger partial charge in [-0.1, -0.05) is 12.7 Å². The van der Waals surface area contributed by atoms with Crippen molar-refractivity contribution < 1.29 is 34.0 Å². The minimum absolute atomic E-state index is 0.0736. The molecule has 0 spiro atoms. The number of aliphatic hydroxyl groups excluding tert-OH is 1. The van der Waals surface area contributed by atoms with Crippen molar-refractivity contribution in [2.75, 3.05) is 34.0 Å². The minimum Gasteiger partial charge on any atom is -0.507 e. The molecule has 1 unspecified atom stereocenters. The molecule has 1 amide bonds. The maximum Gasteiger partial charge on any atom is 0.295 e. The Bertz CT molecular complexity index is 1090. The van der Waals surface area contributed by atoms with Crippen molar-refractivity contribution in [1.29, 1.82) is 0 Å². The van der Waals surface area contributed by atoms with Crippen molar-refractivity contribution in [2.45, 2.75) is 6.04 Å². The number of halogens is 1. The quantitative estimate of drug-likeness (QED) is 0.225. The fourth-order valence-corrected chi connectivity index (χ4v) is 4.03. The molecule has 0 aromatic heterocycles. The Kier molecular flexibility index (Phi) is 7.78. The number of benzene rings is 2. The zero-order valence-corrected chi connectivity index (χ0v) is 19.8. The number of phenols is 1. The number of rotatable bonds is 9. The second kappa shape index (κ2) is 10.5. The first-order chi connectivity index (χ1) is 15.8. The first-order valence-electron chi connectivity index (χ1n) is 10.0. The summed E-state index contributed by atoms with van der Waals surface area (Å²) in [6.45, 7) is 4.23. The molecule has 1 aliphatic rings. The summed E-state index contributed by atoms with van der Waals surface area (Å²) in [5.74, 6) is -1.30. The van der Waals surface area contributed by atoms with E-state index in [9.17, 15) is 19.8 Å². The second-order valence-corrected chi connectivity index (χ2v) is 8.02. The highest BCUT2D eigenvalue weighted by Crippen LogP contribution is 2.44. The van der Waals surface area contributed by atoms with Gasteiger partial charge in [0.15, 0.2) is 11.5 Å². The number of carbonyl (C=O) groups excluding carboxylic acids is 2. The fraction of sp³-hybridized carbons (Fsp3) is 0.250. The summed E-state index contributed by atoms with van der Waals surface area (Å²) in [6, 6.07) is 8.68. The van der Waals surface area contributed by atoms with Gasteiger partial charge in [-0.2, -0.15) is 0 Å². The van der Waals surface area contributed by atoms with E-state index in [1.807, 2.05) is 0 Å². The van der Waals surface area contributed by atoms with Crippen LogP contribution in [0.5, 0.6) is 17.2 Å². The lowest BCUT2D eigenvalue weighted by molar-refractivity contribution is -0.140. The maximum absolute atomic E-state index is 13.0. The van der Waals surface area contributed by atoms with Crippen LogP contribution in [0, 0.1) is 0 Å². The zero-order chi connectivity index (χ0) is 24.1. The number of hydrogen-bond acceptors (Lipinski definition) is 7. The van der Waals surface area contributed by atoms with Crippen molar-refractivity contribution in [3.8, 4) is 17.2 Å². The lowest BCUT2D eigenvalue weighted by atomic mass is 9.95. The molecule has 2 aromatic rings. The number of aliphatic hydroxyl groups is 1. The summed E-state index contributed by atoms with van der Waals surface area (Å²) < 4.78 is 16.1. The number of hydrogen-bond donors (Lipinski definition) is 2. The molecule has 33 heavy (non-hydrogen) atoms. The van der Waals surface area contributed by atoms with Crippen molar-refractivity contribution in [3.63, 3.8) is 0 Å². The number of ether oxygens (including phenoxy) is 3. The molecule has 1 atom stereocenters. The van der Waals surface area contributed by atoms with Crippen LogP contribution in [-0.2, 0) is 14.3 Å². The van der Waals surface area contributed by atoms with Crippen LogP contribution in [0.15, 0.2) is 59.1 Å². The summed E-state index contributed by atoms with van der Waals surface area (Å²) in [6.07, 6.45) is 1.61. The Labute approximate surface area is 199 Å². The monoisotopic (exact) mass is 517 g/mol. The van der Waals surface area contributed by atoms with Gasteiger partial charge in [0.1, 0.15) is 18.1 Å². The molecular weight excluding hydrogens is 494 g/mol. The number of aromatic hydroxyl groups is 1. The molecule has 0 radical (unpaired) electrons. The van der Waals surface area contributed by atoms with Crippen LogP contribution in [0.2, 0.25) is 0 Å². The molecule has 8 nitrogen and oxygen atoms in total. The number of amides is 1. The van der Waals surface area contributed by atoms with Crippen molar-refractivity contribution >= 4 is 33.4 Å². The third-order valence-electron chi connectivity index (χ3n) is 5.16. The Balaban J connectivity index is 2.14. The molecule has 1 aliphatic heterocycles. The average Bonchev–Trinajstić information content (AvgIpc) is 3.07. The minimum atomic E-state index is -0.914. The molecule has 1 heterocycles. The van der Waals surface area contributed by atoms with E-state index in [2.05, 4.69) is 22.5 Å². The summed E-state index contributed by atoms with van der Waals surface area (Å²) in [5.41, 5.74) is 0.746. The largest absolute Gasteiger partial charge is 0.507 e. The van der Waals surface area contributed by atoms with E-state index in [0.717, 1.165) is 0 Å². The Morgan fingerprint density at radius 2 is 1.91 bits per heavy atom. The normalized spacial score (nSPS) is 17.3. The van der Waals surface area contributed by atoms with Gasteiger partial charge in [0.25, 0.3) is 11.7 Å². The average molecular weight is 518 g/mol. The van der Waals surface area contributed by atoms with Crippen LogP contribution in [0.4, 0.5) is 0 Å². The number of nitrogens with zero attached hydrogens (tertiary/aromatic N) is 1. The summed E-state index contributed by atoms with van der Waals surface area (Å²) in [4.78, 5) is 27.2. The van der Waals surface area contributed by atoms with Gasteiger partial charge in [0, 0.05) is 19.2 Å². The molecule has 174 valence electrons. The van der Waals surface area contributed by atoms with Crippen LogP contribution in [0.25, 0.3) is 5.76 Å². The second-order valence-electron chi connectivity index (χ2n) is 7.16. The van der Waals surface area contributed by atoms with Crippen LogP contribution in [0.3, 0.4) is 0 Å². The SMILES string of the molecule is C=CCOc1ccc(/C(O)=C2/C(=O)C(=O)N(CCOC)C2c2cc(Br)c(O)c(OC)c2)cc1. The van der Waals surface area contributed by atoms with Crippen molar-refractivity contribution in [2.24, 2.45) is 0 Å². The Morgan fingerprint density at radius 3 is 2.52 bits per heavy atom. The number of likely N-dealkylation sites (tertiary alicyclic amines) is 1. The summed E-state index contributed by atoms with van der Waals surface area (Å²) in [5, 5.41) is 21.3. The van der Waals surface area contributed by atoms with Crippen LogP contribution < -0.4 is 9.47 Å². The highest BCUT2D eigenvalue weighted by atomic mass is 79.9. The molecule has 1 saturated heterocycles. The molecule has 0 aliphatic carbocycles. The van der Waals surface area contributed by atoms with E-state index in [-0.39, 0.29) is 36.0 Å². The highest BCUT2D eigenvalue weighted by molar-refractivity contribution is 9.10. The molecule has 0 bridgehead atoms. The lowest BCUT2D eigenvalue weighted by Crippen LogP contribution is -2.32.